The molecule has 2 N–H and O–H groups in total. The molecule has 0 amide bonds. The summed E-state index contributed by atoms with van der Waals surface area (Å²) in [5.74, 6) is 0.536. The molecule has 0 bridgehead atoms. The van der Waals surface area contributed by atoms with E-state index in [1.54, 1.807) is 16.7 Å². The molecule has 3 nitrogen and oxygen atoms in total. The first-order valence-corrected chi connectivity index (χ1v) is 7.07. The van der Waals surface area contributed by atoms with E-state index in [0.29, 0.717) is 21.5 Å². The molecule has 102 valence electrons. The quantitative estimate of drug-likeness (QED) is 0.760. The number of pyridine rings is 1. The summed E-state index contributed by atoms with van der Waals surface area (Å²) in [5.41, 5.74) is 9.74. The van der Waals surface area contributed by atoms with Crippen LogP contribution >= 0.6 is 23.2 Å². The Morgan fingerprint density at radius 2 is 1.90 bits per heavy atom. The van der Waals surface area contributed by atoms with Crippen LogP contribution in [0.25, 0.3) is 16.9 Å². The molecule has 0 fully saturated rings. The van der Waals surface area contributed by atoms with Gasteiger partial charge >= 0.3 is 0 Å². The molecule has 0 saturated heterocycles. The number of hydrogen-bond donors (Lipinski definition) is 1. The third-order valence-electron chi connectivity index (χ3n) is 3.31. The molecule has 2 aromatic heterocycles. The number of fused-ring (bicyclic) bond motifs is 1. The van der Waals surface area contributed by atoms with Crippen LogP contribution in [-0.2, 0) is 6.42 Å². The second-order valence-corrected chi connectivity index (χ2v) is 5.44. The third kappa shape index (κ3) is 2.13. The molecule has 3 rings (SSSR count). The van der Waals surface area contributed by atoms with Gasteiger partial charge in [-0.3, -0.25) is 4.40 Å². The molecular formula is C15H13Cl2N3. The molecule has 2 heterocycles. The largest absolute Gasteiger partial charge is 0.383 e. The Hall–Kier alpha value is -1.71. The van der Waals surface area contributed by atoms with Gasteiger partial charge in [0.15, 0.2) is 5.65 Å². The van der Waals surface area contributed by atoms with E-state index in [1.807, 2.05) is 12.1 Å². The van der Waals surface area contributed by atoms with Gasteiger partial charge in [-0.15, -0.1) is 0 Å². The van der Waals surface area contributed by atoms with Crippen LogP contribution in [-0.4, -0.2) is 9.38 Å². The summed E-state index contributed by atoms with van der Waals surface area (Å²) in [7, 11) is 0. The van der Waals surface area contributed by atoms with Crippen LogP contribution < -0.4 is 5.73 Å². The highest BCUT2D eigenvalue weighted by Gasteiger charge is 2.14. The minimum absolute atomic E-state index is 0.487. The first-order valence-electron chi connectivity index (χ1n) is 6.32. The smallest absolute Gasteiger partial charge is 0.158 e. The van der Waals surface area contributed by atoms with Crippen molar-refractivity contribution in [3.05, 3.63) is 52.1 Å². The van der Waals surface area contributed by atoms with Crippen LogP contribution in [0.15, 0.2) is 36.5 Å². The van der Waals surface area contributed by atoms with Crippen LogP contribution in [0.1, 0.15) is 12.5 Å². The highest BCUT2D eigenvalue weighted by molar-refractivity contribution is 6.36. The van der Waals surface area contributed by atoms with Gasteiger partial charge in [-0.2, -0.15) is 0 Å². The molecule has 3 aromatic rings. The van der Waals surface area contributed by atoms with E-state index in [-0.39, 0.29) is 0 Å². The molecule has 0 saturated carbocycles. The maximum absolute atomic E-state index is 6.16. The Balaban J connectivity index is 2.20. The number of halogens is 2. The Morgan fingerprint density at radius 1 is 1.20 bits per heavy atom. The highest BCUT2D eigenvalue weighted by Crippen LogP contribution is 2.31. The van der Waals surface area contributed by atoms with Crippen molar-refractivity contribution >= 4 is 34.7 Å². The van der Waals surface area contributed by atoms with Crippen molar-refractivity contribution < 1.29 is 0 Å². The number of aryl methyl sites for hydroxylation is 1. The van der Waals surface area contributed by atoms with E-state index in [1.165, 1.54) is 5.56 Å². The number of anilines is 1. The summed E-state index contributed by atoms with van der Waals surface area (Å²) in [6, 6.07) is 9.86. The predicted molar refractivity (Wildman–Crippen MR) is 84.4 cm³/mol. The van der Waals surface area contributed by atoms with E-state index in [0.717, 1.165) is 17.7 Å². The van der Waals surface area contributed by atoms with Gasteiger partial charge in [-0.05, 0) is 18.1 Å². The Labute approximate surface area is 127 Å². The normalized spacial score (nSPS) is 11.2. The Kier molecular flexibility index (Phi) is 3.32. The summed E-state index contributed by atoms with van der Waals surface area (Å²) in [4.78, 5) is 4.53. The zero-order valence-corrected chi connectivity index (χ0v) is 12.4. The summed E-state index contributed by atoms with van der Waals surface area (Å²) >= 11 is 12.2. The van der Waals surface area contributed by atoms with E-state index in [2.05, 4.69) is 24.0 Å². The van der Waals surface area contributed by atoms with Gasteiger partial charge in [0.2, 0.25) is 0 Å². The number of aromatic nitrogens is 2. The summed E-state index contributed by atoms with van der Waals surface area (Å²) < 4.78 is 1.72. The summed E-state index contributed by atoms with van der Waals surface area (Å²) in [5, 5.41) is 1.01. The van der Waals surface area contributed by atoms with E-state index in [9.17, 15) is 0 Å². The zero-order valence-electron chi connectivity index (χ0n) is 10.9. The average Bonchev–Trinajstić information content (AvgIpc) is 2.77. The first kappa shape index (κ1) is 13.3. The standard InChI is InChI=1S/C15H13Cl2N3/c1-2-9-3-5-10(6-4-9)13-14(18)20-8-11(16)7-12(17)15(20)19-13/h3-8H,2,18H2,1H3. The summed E-state index contributed by atoms with van der Waals surface area (Å²) in [6.07, 6.45) is 2.72. The van der Waals surface area contributed by atoms with Crippen LogP contribution in [0.3, 0.4) is 0 Å². The van der Waals surface area contributed by atoms with Gasteiger partial charge < -0.3 is 5.73 Å². The van der Waals surface area contributed by atoms with Crippen molar-refractivity contribution in [3.63, 3.8) is 0 Å². The predicted octanol–water partition coefficient (Wildman–Crippen LogP) is 4.45. The van der Waals surface area contributed by atoms with Crippen molar-refractivity contribution in [2.75, 3.05) is 5.73 Å². The molecule has 5 heteroatoms. The number of hydrogen-bond acceptors (Lipinski definition) is 2. The molecule has 1 aromatic carbocycles. The van der Waals surface area contributed by atoms with Gasteiger partial charge in [0.1, 0.15) is 11.5 Å². The van der Waals surface area contributed by atoms with Crippen LogP contribution in [0.5, 0.6) is 0 Å². The number of imidazole rings is 1. The fourth-order valence-corrected chi connectivity index (χ4v) is 2.71. The Morgan fingerprint density at radius 3 is 2.55 bits per heavy atom. The van der Waals surface area contributed by atoms with Gasteiger partial charge in [0, 0.05) is 11.8 Å². The number of nitrogens with zero attached hydrogens (tertiary/aromatic N) is 2. The molecule has 20 heavy (non-hydrogen) atoms. The molecular weight excluding hydrogens is 293 g/mol. The molecule has 0 spiro atoms. The summed E-state index contributed by atoms with van der Waals surface area (Å²) in [6.45, 7) is 2.12. The lowest BCUT2D eigenvalue weighted by molar-refractivity contribution is 1.14. The SMILES string of the molecule is CCc1ccc(-c2nc3c(Cl)cc(Cl)cn3c2N)cc1. The minimum atomic E-state index is 0.487. The highest BCUT2D eigenvalue weighted by atomic mass is 35.5. The van der Waals surface area contributed by atoms with Crippen molar-refractivity contribution in [1.82, 2.24) is 9.38 Å². The molecule has 0 aliphatic rings. The van der Waals surface area contributed by atoms with E-state index in [4.69, 9.17) is 28.9 Å². The minimum Gasteiger partial charge on any atom is -0.383 e. The van der Waals surface area contributed by atoms with Crippen molar-refractivity contribution in [3.8, 4) is 11.3 Å². The van der Waals surface area contributed by atoms with Gasteiger partial charge in [0.05, 0.1) is 10.0 Å². The van der Waals surface area contributed by atoms with Crippen LogP contribution in [0.2, 0.25) is 10.0 Å². The molecule has 0 atom stereocenters. The maximum atomic E-state index is 6.16. The zero-order chi connectivity index (χ0) is 14.3. The lowest BCUT2D eigenvalue weighted by Crippen LogP contribution is -1.94. The van der Waals surface area contributed by atoms with E-state index < -0.39 is 0 Å². The fourth-order valence-electron chi connectivity index (χ4n) is 2.20. The number of nitrogens with two attached hydrogens (primary N) is 1. The van der Waals surface area contributed by atoms with Crippen molar-refractivity contribution in [1.29, 1.82) is 0 Å². The van der Waals surface area contributed by atoms with Crippen LogP contribution in [0.4, 0.5) is 5.82 Å². The Bertz CT molecular complexity index is 776. The molecule has 0 aliphatic carbocycles. The molecule has 0 radical (unpaired) electrons. The van der Waals surface area contributed by atoms with Crippen LogP contribution in [0, 0.1) is 0 Å². The molecule has 0 aliphatic heterocycles. The number of nitrogen functional groups attached to an aromatic ring is 1. The lowest BCUT2D eigenvalue weighted by atomic mass is 10.1. The number of benzene rings is 1. The van der Waals surface area contributed by atoms with Crippen molar-refractivity contribution in [2.45, 2.75) is 13.3 Å². The lowest BCUT2D eigenvalue weighted by Gasteiger charge is -2.01. The molecule has 0 unspecified atom stereocenters. The maximum Gasteiger partial charge on any atom is 0.158 e. The van der Waals surface area contributed by atoms with Gasteiger partial charge in [-0.1, -0.05) is 54.4 Å². The third-order valence-corrected chi connectivity index (χ3v) is 3.80. The first-order chi connectivity index (χ1) is 9.60. The van der Waals surface area contributed by atoms with Crippen molar-refractivity contribution in [2.24, 2.45) is 0 Å². The van der Waals surface area contributed by atoms with Gasteiger partial charge in [0.25, 0.3) is 0 Å². The topological polar surface area (TPSA) is 43.3 Å². The average molecular weight is 306 g/mol. The second-order valence-electron chi connectivity index (χ2n) is 4.60. The monoisotopic (exact) mass is 305 g/mol. The second kappa shape index (κ2) is 5.00. The fraction of sp³-hybridized carbons (Fsp3) is 0.133. The number of rotatable bonds is 2. The van der Waals surface area contributed by atoms with Gasteiger partial charge in [-0.25, -0.2) is 4.98 Å². The van der Waals surface area contributed by atoms with E-state index >= 15 is 0 Å².